The number of likely N-dealkylation sites (tertiary alicyclic amines) is 1. The smallest absolute Gasteiger partial charge is 0.274 e. The van der Waals surface area contributed by atoms with Gasteiger partial charge in [-0.15, -0.1) is 0 Å². The number of rotatable bonds is 3. The van der Waals surface area contributed by atoms with Crippen LogP contribution in [0.25, 0.3) is 0 Å². The van der Waals surface area contributed by atoms with Gasteiger partial charge in [-0.2, -0.15) is 5.10 Å². The van der Waals surface area contributed by atoms with Gasteiger partial charge in [0, 0.05) is 43.9 Å². The maximum Gasteiger partial charge on any atom is 0.274 e. The van der Waals surface area contributed by atoms with E-state index in [4.69, 9.17) is 4.74 Å². The minimum absolute atomic E-state index is 0.0751. The first-order valence-electron chi connectivity index (χ1n) is 9.92. The van der Waals surface area contributed by atoms with Crippen molar-refractivity contribution in [3.63, 3.8) is 0 Å². The molecule has 1 aliphatic carbocycles. The van der Waals surface area contributed by atoms with Crippen LogP contribution in [0, 0.1) is 5.92 Å². The van der Waals surface area contributed by atoms with Gasteiger partial charge in [0.2, 0.25) is 0 Å². The Morgan fingerprint density at radius 1 is 1.12 bits per heavy atom. The normalized spacial score (nSPS) is 28.0. The van der Waals surface area contributed by atoms with E-state index in [-0.39, 0.29) is 5.91 Å². The van der Waals surface area contributed by atoms with E-state index < -0.39 is 0 Å². The molecule has 2 fully saturated rings. The van der Waals surface area contributed by atoms with E-state index in [9.17, 15) is 4.79 Å². The third kappa shape index (κ3) is 3.75. The zero-order valence-corrected chi connectivity index (χ0v) is 15.2. The fraction of sp³-hybridized carbons (Fsp3) is 0.789. The van der Waals surface area contributed by atoms with Crippen LogP contribution in [-0.4, -0.2) is 52.8 Å². The number of carbonyl (C=O) groups is 1. The van der Waals surface area contributed by atoms with Crippen LogP contribution in [-0.2, 0) is 17.7 Å². The van der Waals surface area contributed by atoms with Crippen molar-refractivity contribution in [3.8, 4) is 0 Å². The summed E-state index contributed by atoms with van der Waals surface area (Å²) in [5, 5.41) is 10.7. The number of carbonyl (C=O) groups excluding carboxylic acids is 1. The quantitative estimate of drug-likeness (QED) is 0.881. The van der Waals surface area contributed by atoms with E-state index in [1.165, 1.54) is 25.7 Å². The molecule has 0 spiro atoms. The number of H-pyrrole nitrogens is 1. The van der Waals surface area contributed by atoms with Crippen molar-refractivity contribution in [3.05, 3.63) is 17.0 Å². The van der Waals surface area contributed by atoms with Crippen molar-refractivity contribution in [2.24, 2.45) is 5.92 Å². The van der Waals surface area contributed by atoms with Gasteiger partial charge in [-0.3, -0.25) is 9.89 Å². The molecule has 1 amide bonds. The largest absolute Gasteiger partial charge is 0.375 e. The number of hydrogen-bond acceptors (Lipinski definition) is 4. The summed E-state index contributed by atoms with van der Waals surface area (Å²) in [7, 11) is 0. The molecule has 3 heterocycles. The highest BCUT2D eigenvalue weighted by Gasteiger charge is 2.30. The first kappa shape index (κ1) is 17.0. The summed E-state index contributed by atoms with van der Waals surface area (Å²) >= 11 is 0. The number of hydrogen-bond donors (Lipinski definition) is 2. The van der Waals surface area contributed by atoms with Crippen LogP contribution >= 0.6 is 0 Å². The molecule has 3 aliphatic rings. The zero-order chi connectivity index (χ0) is 17.2. The summed E-state index contributed by atoms with van der Waals surface area (Å²) in [4.78, 5) is 14.8. The average molecular weight is 346 g/mol. The Bertz CT molecular complexity index is 599. The van der Waals surface area contributed by atoms with Gasteiger partial charge in [-0.05, 0) is 44.4 Å². The SMILES string of the molecule is CC1CCC(OC2CCN(C(=O)c3n[nH]c4c3CNCC4)CC2)CC1. The highest BCUT2D eigenvalue weighted by atomic mass is 16.5. The lowest BCUT2D eigenvalue weighted by Gasteiger charge is -2.35. The van der Waals surface area contributed by atoms with Crippen LogP contribution in [0.4, 0.5) is 0 Å². The molecule has 0 unspecified atom stereocenters. The third-order valence-corrected chi connectivity index (χ3v) is 6.09. The molecule has 0 bridgehead atoms. The summed E-state index contributed by atoms with van der Waals surface area (Å²) in [6, 6.07) is 0. The summed E-state index contributed by atoms with van der Waals surface area (Å²) in [6.45, 7) is 5.59. The van der Waals surface area contributed by atoms with Crippen molar-refractivity contribution in [2.45, 2.75) is 70.6 Å². The monoisotopic (exact) mass is 346 g/mol. The second kappa shape index (κ2) is 7.46. The van der Waals surface area contributed by atoms with Crippen molar-refractivity contribution in [1.82, 2.24) is 20.4 Å². The van der Waals surface area contributed by atoms with E-state index >= 15 is 0 Å². The molecule has 0 atom stereocenters. The van der Waals surface area contributed by atoms with E-state index in [1.54, 1.807) is 0 Å². The number of aromatic amines is 1. The van der Waals surface area contributed by atoms with Crippen LogP contribution in [0.1, 0.15) is 67.2 Å². The van der Waals surface area contributed by atoms with Crippen molar-refractivity contribution < 1.29 is 9.53 Å². The van der Waals surface area contributed by atoms with Crippen molar-refractivity contribution in [1.29, 1.82) is 0 Å². The fourth-order valence-electron chi connectivity index (χ4n) is 4.38. The molecule has 1 aromatic rings. The predicted octanol–water partition coefficient (Wildman–Crippen LogP) is 2.26. The van der Waals surface area contributed by atoms with E-state index in [0.29, 0.717) is 17.9 Å². The van der Waals surface area contributed by atoms with Gasteiger partial charge < -0.3 is 15.0 Å². The molecular weight excluding hydrogens is 316 g/mol. The third-order valence-electron chi connectivity index (χ3n) is 6.09. The Hall–Kier alpha value is -1.40. The number of amides is 1. The number of piperidine rings is 1. The number of fused-ring (bicyclic) bond motifs is 1. The molecule has 2 aliphatic heterocycles. The summed E-state index contributed by atoms with van der Waals surface area (Å²) in [5.41, 5.74) is 2.79. The van der Waals surface area contributed by atoms with Gasteiger partial charge >= 0.3 is 0 Å². The predicted molar refractivity (Wildman–Crippen MR) is 95.4 cm³/mol. The highest BCUT2D eigenvalue weighted by Crippen LogP contribution is 2.28. The fourth-order valence-corrected chi connectivity index (χ4v) is 4.38. The Morgan fingerprint density at radius 2 is 1.84 bits per heavy atom. The molecule has 1 saturated heterocycles. The van der Waals surface area contributed by atoms with E-state index in [0.717, 1.165) is 62.6 Å². The highest BCUT2D eigenvalue weighted by molar-refractivity contribution is 5.94. The van der Waals surface area contributed by atoms with Crippen LogP contribution in [0.2, 0.25) is 0 Å². The van der Waals surface area contributed by atoms with Crippen LogP contribution in [0.5, 0.6) is 0 Å². The second-order valence-corrected chi connectivity index (χ2v) is 7.97. The minimum Gasteiger partial charge on any atom is -0.375 e. The minimum atomic E-state index is 0.0751. The van der Waals surface area contributed by atoms with Crippen molar-refractivity contribution >= 4 is 5.91 Å². The molecule has 6 nitrogen and oxygen atoms in total. The Labute approximate surface area is 149 Å². The van der Waals surface area contributed by atoms with Gasteiger partial charge in [0.15, 0.2) is 5.69 Å². The first-order chi connectivity index (χ1) is 12.2. The van der Waals surface area contributed by atoms with E-state index in [1.807, 2.05) is 4.90 Å². The molecule has 6 heteroatoms. The lowest BCUT2D eigenvalue weighted by molar-refractivity contribution is -0.0571. The maximum atomic E-state index is 12.8. The summed E-state index contributed by atoms with van der Waals surface area (Å²) < 4.78 is 6.32. The summed E-state index contributed by atoms with van der Waals surface area (Å²) in [5.74, 6) is 0.930. The number of ether oxygens (including phenoxy) is 1. The van der Waals surface area contributed by atoms with Gasteiger partial charge in [0.05, 0.1) is 12.2 Å². The molecule has 2 N–H and O–H groups in total. The zero-order valence-electron chi connectivity index (χ0n) is 15.2. The van der Waals surface area contributed by atoms with Gasteiger partial charge in [-0.1, -0.05) is 6.92 Å². The summed E-state index contributed by atoms with van der Waals surface area (Å²) in [6.07, 6.45) is 8.56. The average Bonchev–Trinajstić information content (AvgIpc) is 3.08. The van der Waals surface area contributed by atoms with E-state index in [2.05, 4.69) is 22.4 Å². The molecule has 1 aromatic heterocycles. The maximum absolute atomic E-state index is 12.8. The Kier molecular flexibility index (Phi) is 5.08. The molecule has 138 valence electrons. The molecule has 1 saturated carbocycles. The lowest BCUT2D eigenvalue weighted by Crippen LogP contribution is -2.42. The number of aromatic nitrogens is 2. The van der Waals surface area contributed by atoms with Gasteiger partial charge in [0.25, 0.3) is 5.91 Å². The number of nitrogens with zero attached hydrogens (tertiary/aromatic N) is 2. The standard InChI is InChI=1S/C19H30N4O2/c1-13-2-4-14(5-3-13)25-15-7-10-23(11-8-15)19(24)18-16-12-20-9-6-17(16)21-22-18/h13-15,20H,2-12H2,1H3,(H,21,22). The van der Waals surface area contributed by atoms with Crippen LogP contribution in [0.15, 0.2) is 0 Å². The molecule has 0 radical (unpaired) electrons. The molecule has 4 rings (SSSR count). The molecule has 0 aromatic carbocycles. The topological polar surface area (TPSA) is 70.2 Å². The Morgan fingerprint density at radius 3 is 2.60 bits per heavy atom. The van der Waals surface area contributed by atoms with Crippen molar-refractivity contribution in [2.75, 3.05) is 19.6 Å². The molecule has 25 heavy (non-hydrogen) atoms. The second-order valence-electron chi connectivity index (χ2n) is 7.97. The van der Waals surface area contributed by atoms with Crippen LogP contribution < -0.4 is 5.32 Å². The van der Waals surface area contributed by atoms with Crippen LogP contribution in [0.3, 0.4) is 0 Å². The molecular formula is C19H30N4O2. The Balaban J connectivity index is 1.30. The lowest BCUT2D eigenvalue weighted by atomic mass is 9.88. The van der Waals surface area contributed by atoms with Gasteiger partial charge in [0.1, 0.15) is 0 Å². The van der Waals surface area contributed by atoms with Gasteiger partial charge in [-0.25, -0.2) is 0 Å². The first-order valence-corrected chi connectivity index (χ1v) is 9.92. The number of nitrogens with one attached hydrogen (secondary N) is 2.